The van der Waals surface area contributed by atoms with E-state index in [4.69, 9.17) is 0 Å². The Labute approximate surface area is 145 Å². The van der Waals surface area contributed by atoms with Crippen molar-refractivity contribution in [1.29, 1.82) is 0 Å². The number of hydrogen-bond donors (Lipinski definition) is 0. The summed E-state index contributed by atoms with van der Waals surface area (Å²) in [7, 11) is 2.02. The maximum atomic E-state index is 4.54. The predicted molar refractivity (Wildman–Crippen MR) is 99.3 cm³/mol. The van der Waals surface area contributed by atoms with Gasteiger partial charge in [-0.1, -0.05) is 24.3 Å². The van der Waals surface area contributed by atoms with E-state index < -0.39 is 0 Å². The lowest BCUT2D eigenvalue weighted by Gasteiger charge is -2.43. The van der Waals surface area contributed by atoms with Gasteiger partial charge in [-0.3, -0.25) is 9.58 Å². The lowest BCUT2D eigenvalue weighted by molar-refractivity contribution is 0.103. The lowest BCUT2D eigenvalue weighted by atomic mass is 9.74. The van der Waals surface area contributed by atoms with Gasteiger partial charge >= 0.3 is 0 Å². The minimum absolute atomic E-state index is 0.757. The third-order valence-corrected chi connectivity index (χ3v) is 6.37. The van der Waals surface area contributed by atoms with Crippen molar-refractivity contribution >= 4 is 0 Å². The third-order valence-electron chi connectivity index (χ3n) is 6.37. The van der Waals surface area contributed by atoms with Gasteiger partial charge in [-0.2, -0.15) is 5.10 Å². The molecule has 3 nitrogen and oxygen atoms in total. The highest BCUT2D eigenvalue weighted by molar-refractivity contribution is 5.68. The van der Waals surface area contributed by atoms with E-state index in [1.165, 1.54) is 54.6 Å². The molecule has 0 amide bonds. The molecule has 1 aliphatic heterocycles. The summed E-state index contributed by atoms with van der Waals surface area (Å²) >= 11 is 0. The predicted octanol–water partition coefficient (Wildman–Crippen LogP) is 4.43. The van der Waals surface area contributed by atoms with Gasteiger partial charge in [0.25, 0.3) is 0 Å². The van der Waals surface area contributed by atoms with Crippen LogP contribution in [0.2, 0.25) is 0 Å². The van der Waals surface area contributed by atoms with Crippen LogP contribution in [0.3, 0.4) is 0 Å². The molecule has 2 aromatic rings. The standard InChI is InChI=1S/C21H29N3/c1-14-6-5-11-24(14)20-12-19(13-20)17-7-9-18(10-8-17)21-15(2)22-23(4)16(21)3/h7-10,14,19-20H,5-6,11-13H2,1-4H3. The molecule has 1 saturated carbocycles. The van der Waals surface area contributed by atoms with Crippen LogP contribution >= 0.6 is 0 Å². The van der Waals surface area contributed by atoms with Gasteiger partial charge in [0, 0.05) is 30.4 Å². The Morgan fingerprint density at radius 3 is 2.33 bits per heavy atom. The number of likely N-dealkylation sites (tertiary alicyclic amines) is 1. The molecule has 0 N–H and O–H groups in total. The normalized spacial score (nSPS) is 27.4. The smallest absolute Gasteiger partial charge is 0.0674 e. The second kappa shape index (κ2) is 6.03. The van der Waals surface area contributed by atoms with Crippen LogP contribution in [-0.4, -0.2) is 33.3 Å². The molecule has 128 valence electrons. The fraction of sp³-hybridized carbons (Fsp3) is 0.571. The van der Waals surface area contributed by atoms with E-state index in [2.05, 4.69) is 55.0 Å². The molecule has 1 aromatic carbocycles. The molecule has 2 aliphatic rings. The van der Waals surface area contributed by atoms with E-state index in [0.717, 1.165) is 23.7 Å². The summed E-state index contributed by atoms with van der Waals surface area (Å²) in [5.41, 5.74) is 6.47. The highest BCUT2D eigenvalue weighted by atomic mass is 15.3. The van der Waals surface area contributed by atoms with E-state index in [1.54, 1.807) is 0 Å². The molecular weight excluding hydrogens is 294 g/mol. The fourth-order valence-corrected chi connectivity index (χ4v) is 4.74. The zero-order chi connectivity index (χ0) is 16.8. The Morgan fingerprint density at radius 2 is 1.79 bits per heavy atom. The van der Waals surface area contributed by atoms with Crippen LogP contribution in [0.4, 0.5) is 0 Å². The van der Waals surface area contributed by atoms with Crippen molar-refractivity contribution < 1.29 is 0 Å². The van der Waals surface area contributed by atoms with Crippen molar-refractivity contribution in [2.75, 3.05) is 6.54 Å². The minimum Gasteiger partial charge on any atom is -0.298 e. The van der Waals surface area contributed by atoms with Gasteiger partial charge in [-0.15, -0.1) is 0 Å². The fourth-order valence-electron chi connectivity index (χ4n) is 4.74. The maximum absolute atomic E-state index is 4.54. The number of nitrogens with zero attached hydrogens (tertiary/aromatic N) is 3. The van der Waals surface area contributed by atoms with Crippen molar-refractivity contribution in [1.82, 2.24) is 14.7 Å². The molecule has 0 spiro atoms. The zero-order valence-electron chi connectivity index (χ0n) is 15.4. The van der Waals surface area contributed by atoms with Crippen LogP contribution in [0.25, 0.3) is 11.1 Å². The highest BCUT2D eigenvalue weighted by Gasteiger charge is 2.37. The first-order valence-corrected chi connectivity index (χ1v) is 9.41. The van der Waals surface area contributed by atoms with Gasteiger partial charge in [0.1, 0.15) is 0 Å². The molecule has 1 saturated heterocycles. The van der Waals surface area contributed by atoms with Crippen molar-refractivity contribution in [3.8, 4) is 11.1 Å². The van der Waals surface area contributed by atoms with Gasteiger partial charge < -0.3 is 0 Å². The number of rotatable bonds is 3. The van der Waals surface area contributed by atoms with E-state index in [-0.39, 0.29) is 0 Å². The van der Waals surface area contributed by atoms with Gasteiger partial charge in [0.2, 0.25) is 0 Å². The summed E-state index contributed by atoms with van der Waals surface area (Å²) in [5, 5.41) is 4.54. The van der Waals surface area contributed by atoms with Gasteiger partial charge in [0.05, 0.1) is 5.69 Å². The van der Waals surface area contributed by atoms with E-state index in [0.29, 0.717) is 0 Å². The molecule has 3 heteroatoms. The average molecular weight is 323 g/mol. The second-order valence-electron chi connectivity index (χ2n) is 7.84. The Morgan fingerprint density at radius 1 is 1.08 bits per heavy atom. The molecule has 1 atom stereocenters. The van der Waals surface area contributed by atoms with Crippen molar-refractivity contribution in [2.24, 2.45) is 7.05 Å². The Hall–Kier alpha value is -1.61. The van der Waals surface area contributed by atoms with Crippen LogP contribution in [0.1, 0.15) is 55.5 Å². The first kappa shape index (κ1) is 15.9. The summed E-state index contributed by atoms with van der Waals surface area (Å²) in [5.74, 6) is 0.757. The third kappa shape index (κ3) is 2.59. The molecule has 0 radical (unpaired) electrons. The zero-order valence-corrected chi connectivity index (χ0v) is 15.4. The highest BCUT2D eigenvalue weighted by Crippen LogP contribution is 2.42. The first-order valence-electron chi connectivity index (χ1n) is 9.41. The van der Waals surface area contributed by atoms with Gasteiger partial charge in [-0.05, 0) is 70.0 Å². The summed E-state index contributed by atoms with van der Waals surface area (Å²) in [6, 6.07) is 10.9. The van der Waals surface area contributed by atoms with Crippen LogP contribution < -0.4 is 0 Å². The SMILES string of the molecule is Cc1nn(C)c(C)c1-c1ccc(C2CC(N3CCCC3C)C2)cc1. The molecule has 24 heavy (non-hydrogen) atoms. The molecule has 1 aromatic heterocycles. The van der Waals surface area contributed by atoms with E-state index in [1.807, 2.05) is 11.7 Å². The van der Waals surface area contributed by atoms with Gasteiger partial charge in [-0.25, -0.2) is 0 Å². The van der Waals surface area contributed by atoms with Crippen LogP contribution in [0.5, 0.6) is 0 Å². The Balaban J connectivity index is 1.46. The largest absolute Gasteiger partial charge is 0.298 e. The van der Waals surface area contributed by atoms with E-state index in [9.17, 15) is 0 Å². The quantitative estimate of drug-likeness (QED) is 0.833. The topological polar surface area (TPSA) is 21.1 Å². The molecule has 2 fully saturated rings. The molecular formula is C21H29N3. The second-order valence-corrected chi connectivity index (χ2v) is 7.84. The monoisotopic (exact) mass is 323 g/mol. The van der Waals surface area contributed by atoms with Crippen molar-refractivity contribution in [3.63, 3.8) is 0 Å². The average Bonchev–Trinajstić information content (AvgIpc) is 3.03. The van der Waals surface area contributed by atoms with E-state index >= 15 is 0 Å². The summed E-state index contributed by atoms with van der Waals surface area (Å²) in [6.45, 7) is 7.96. The molecule has 1 aliphatic carbocycles. The maximum Gasteiger partial charge on any atom is 0.0674 e. The first-order chi connectivity index (χ1) is 11.5. The number of aryl methyl sites for hydroxylation is 2. The van der Waals surface area contributed by atoms with Crippen LogP contribution in [-0.2, 0) is 7.05 Å². The Bertz CT molecular complexity index is 722. The van der Waals surface area contributed by atoms with Gasteiger partial charge in [0.15, 0.2) is 0 Å². The number of aromatic nitrogens is 2. The summed E-state index contributed by atoms with van der Waals surface area (Å²) in [6.07, 6.45) is 5.46. The number of benzene rings is 1. The van der Waals surface area contributed by atoms with Crippen LogP contribution in [0.15, 0.2) is 24.3 Å². The molecule has 1 unspecified atom stereocenters. The van der Waals surface area contributed by atoms with Crippen LogP contribution in [0, 0.1) is 13.8 Å². The summed E-state index contributed by atoms with van der Waals surface area (Å²) in [4.78, 5) is 2.74. The minimum atomic E-state index is 0.757. The van der Waals surface area contributed by atoms with Crippen molar-refractivity contribution in [3.05, 3.63) is 41.2 Å². The molecule has 0 bridgehead atoms. The lowest BCUT2D eigenvalue weighted by Crippen LogP contribution is -2.45. The molecule has 4 rings (SSSR count). The van der Waals surface area contributed by atoms with Crippen molar-refractivity contribution in [2.45, 2.75) is 64.5 Å². The Kier molecular flexibility index (Phi) is 4.00. The molecule has 2 heterocycles. The summed E-state index contributed by atoms with van der Waals surface area (Å²) < 4.78 is 1.98. The number of hydrogen-bond acceptors (Lipinski definition) is 2.